The fourth-order valence-electron chi connectivity index (χ4n) is 2.27. The van der Waals surface area contributed by atoms with Crippen LogP contribution < -0.4 is 10.5 Å². The van der Waals surface area contributed by atoms with Gasteiger partial charge < -0.3 is 20.1 Å². The number of benzene rings is 1. The van der Waals surface area contributed by atoms with Crippen LogP contribution in [0.5, 0.6) is 5.75 Å². The van der Waals surface area contributed by atoms with E-state index in [9.17, 15) is 4.79 Å². The van der Waals surface area contributed by atoms with Crippen LogP contribution in [0.4, 0.5) is 0 Å². The molecular formula is C15H23ClN2O3. The van der Waals surface area contributed by atoms with Crippen LogP contribution in [0.25, 0.3) is 0 Å². The van der Waals surface area contributed by atoms with Crippen molar-refractivity contribution in [2.45, 2.75) is 19.4 Å². The first-order valence-corrected chi connectivity index (χ1v) is 7.06. The molecule has 0 bridgehead atoms. The Balaban J connectivity index is 0.00000220. The van der Waals surface area contributed by atoms with E-state index in [1.807, 2.05) is 25.1 Å². The van der Waals surface area contributed by atoms with Crippen LogP contribution in [0.3, 0.4) is 0 Å². The van der Waals surface area contributed by atoms with Gasteiger partial charge in [0.25, 0.3) is 5.91 Å². The summed E-state index contributed by atoms with van der Waals surface area (Å²) in [6.07, 6.45) is 0.860. The van der Waals surface area contributed by atoms with Crippen LogP contribution in [-0.4, -0.2) is 49.8 Å². The van der Waals surface area contributed by atoms with E-state index in [2.05, 4.69) is 0 Å². The third-order valence-corrected chi connectivity index (χ3v) is 3.32. The maximum atomic E-state index is 12.5. The van der Waals surface area contributed by atoms with E-state index in [0.29, 0.717) is 44.2 Å². The minimum Gasteiger partial charge on any atom is -0.490 e. The first-order chi connectivity index (χ1) is 9.72. The van der Waals surface area contributed by atoms with Gasteiger partial charge in [-0.3, -0.25) is 4.79 Å². The Bertz CT molecular complexity index is 456. The van der Waals surface area contributed by atoms with Gasteiger partial charge in [0.15, 0.2) is 0 Å². The molecule has 1 atom stereocenters. The number of nitrogens with zero attached hydrogens (tertiary/aromatic N) is 1. The van der Waals surface area contributed by atoms with E-state index < -0.39 is 0 Å². The van der Waals surface area contributed by atoms with Crippen LogP contribution in [0.2, 0.25) is 0 Å². The molecule has 1 heterocycles. The van der Waals surface area contributed by atoms with Gasteiger partial charge in [0.05, 0.1) is 12.2 Å². The Morgan fingerprint density at radius 2 is 2.14 bits per heavy atom. The highest BCUT2D eigenvalue weighted by molar-refractivity contribution is 5.97. The minimum atomic E-state index is -0.00930. The van der Waals surface area contributed by atoms with E-state index in [1.165, 1.54) is 0 Å². The molecule has 118 valence electrons. The molecule has 0 saturated carbocycles. The average Bonchev–Trinajstić information content (AvgIpc) is 2.90. The second-order valence-corrected chi connectivity index (χ2v) is 4.84. The summed E-state index contributed by atoms with van der Waals surface area (Å²) in [6, 6.07) is 7.41. The molecule has 0 radical (unpaired) electrons. The van der Waals surface area contributed by atoms with E-state index in [0.717, 1.165) is 6.42 Å². The molecule has 1 aliphatic rings. The van der Waals surface area contributed by atoms with Crippen molar-refractivity contribution in [1.29, 1.82) is 0 Å². The molecule has 2 N–H and O–H groups in total. The average molecular weight is 315 g/mol. The summed E-state index contributed by atoms with van der Waals surface area (Å²) in [5.41, 5.74) is 6.45. The Morgan fingerprint density at radius 3 is 2.81 bits per heavy atom. The smallest absolute Gasteiger partial charge is 0.257 e. The third-order valence-electron chi connectivity index (χ3n) is 3.32. The molecule has 1 aromatic rings. The molecule has 6 heteroatoms. The summed E-state index contributed by atoms with van der Waals surface area (Å²) >= 11 is 0. The maximum absolute atomic E-state index is 12.5. The number of hydrogen-bond donors (Lipinski definition) is 1. The minimum absolute atomic E-state index is 0. The number of carbonyl (C=O) groups is 1. The first kappa shape index (κ1) is 17.8. The Morgan fingerprint density at radius 1 is 1.38 bits per heavy atom. The molecular weight excluding hydrogens is 292 g/mol. The first-order valence-electron chi connectivity index (χ1n) is 7.06. The summed E-state index contributed by atoms with van der Waals surface area (Å²) in [5, 5.41) is 0. The number of rotatable bonds is 6. The van der Waals surface area contributed by atoms with Gasteiger partial charge in [0, 0.05) is 25.7 Å². The van der Waals surface area contributed by atoms with Gasteiger partial charge in [-0.25, -0.2) is 0 Å². The van der Waals surface area contributed by atoms with Crippen molar-refractivity contribution in [3.05, 3.63) is 29.8 Å². The molecule has 1 fully saturated rings. The van der Waals surface area contributed by atoms with Gasteiger partial charge in [-0.05, 0) is 25.5 Å². The number of nitrogens with two attached hydrogens (primary N) is 1. The lowest BCUT2D eigenvalue weighted by molar-refractivity contribution is 0.0779. The van der Waals surface area contributed by atoms with Crippen molar-refractivity contribution in [3.8, 4) is 5.75 Å². The molecule has 1 saturated heterocycles. The lowest BCUT2D eigenvalue weighted by Crippen LogP contribution is -2.32. The Hall–Kier alpha value is -1.30. The molecule has 2 rings (SSSR count). The zero-order valence-electron chi connectivity index (χ0n) is 12.3. The number of carbonyl (C=O) groups excluding carboxylic acids is 1. The van der Waals surface area contributed by atoms with Crippen molar-refractivity contribution in [3.63, 3.8) is 0 Å². The number of amides is 1. The monoisotopic (exact) mass is 314 g/mol. The molecule has 1 aliphatic heterocycles. The highest BCUT2D eigenvalue weighted by atomic mass is 35.5. The third kappa shape index (κ3) is 4.88. The van der Waals surface area contributed by atoms with Gasteiger partial charge in [-0.15, -0.1) is 12.4 Å². The molecule has 5 nitrogen and oxygen atoms in total. The largest absolute Gasteiger partial charge is 0.490 e. The second-order valence-electron chi connectivity index (χ2n) is 4.84. The second kappa shape index (κ2) is 8.87. The number of likely N-dealkylation sites (tertiary alicyclic amines) is 1. The molecule has 1 amide bonds. The quantitative estimate of drug-likeness (QED) is 0.812. The summed E-state index contributed by atoms with van der Waals surface area (Å²) < 4.78 is 10.9. The van der Waals surface area contributed by atoms with Gasteiger partial charge >= 0.3 is 0 Å². The highest BCUT2D eigenvalue weighted by Crippen LogP contribution is 2.21. The lowest BCUT2D eigenvalue weighted by Gasteiger charge is -2.18. The highest BCUT2D eigenvalue weighted by Gasteiger charge is 2.26. The van der Waals surface area contributed by atoms with Crippen LogP contribution in [0.15, 0.2) is 24.3 Å². The zero-order chi connectivity index (χ0) is 14.4. The molecule has 1 aromatic carbocycles. The van der Waals surface area contributed by atoms with Crippen LogP contribution in [0.1, 0.15) is 23.7 Å². The van der Waals surface area contributed by atoms with Crippen molar-refractivity contribution >= 4 is 18.3 Å². The summed E-state index contributed by atoms with van der Waals surface area (Å²) in [5.74, 6) is 0.600. The number of halogens is 1. The maximum Gasteiger partial charge on any atom is 0.257 e. The van der Waals surface area contributed by atoms with Crippen LogP contribution in [0, 0.1) is 0 Å². The zero-order valence-corrected chi connectivity index (χ0v) is 13.1. The van der Waals surface area contributed by atoms with Crippen molar-refractivity contribution in [2.75, 3.05) is 32.9 Å². The topological polar surface area (TPSA) is 64.8 Å². The van der Waals surface area contributed by atoms with Gasteiger partial charge in [-0.2, -0.15) is 0 Å². The number of para-hydroxylation sites is 1. The predicted octanol–water partition coefficient (Wildman–Crippen LogP) is 1.70. The molecule has 21 heavy (non-hydrogen) atoms. The fourth-order valence-corrected chi connectivity index (χ4v) is 2.27. The molecule has 0 unspecified atom stereocenters. The van der Waals surface area contributed by atoms with Gasteiger partial charge in [0.2, 0.25) is 0 Å². The summed E-state index contributed by atoms with van der Waals surface area (Å²) in [7, 11) is 0. The number of hydrogen-bond acceptors (Lipinski definition) is 4. The molecule has 0 aliphatic carbocycles. The lowest BCUT2D eigenvalue weighted by atomic mass is 10.2. The summed E-state index contributed by atoms with van der Waals surface area (Å²) in [4.78, 5) is 14.2. The van der Waals surface area contributed by atoms with Crippen molar-refractivity contribution in [2.24, 2.45) is 5.73 Å². The van der Waals surface area contributed by atoms with E-state index in [4.69, 9.17) is 15.2 Å². The van der Waals surface area contributed by atoms with Crippen LogP contribution in [-0.2, 0) is 4.74 Å². The van der Waals surface area contributed by atoms with E-state index in [1.54, 1.807) is 11.0 Å². The number of ether oxygens (including phenoxy) is 2. The van der Waals surface area contributed by atoms with Crippen molar-refractivity contribution < 1.29 is 14.3 Å². The van der Waals surface area contributed by atoms with Crippen molar-refractivity contribution in [1.82, 2.24) is 4.90 Å². The standard InChI is InChI=1S/C15H22N2O3.ClH/c1-2-19-9-10-20-14-6-4-3-5-13(14)15(18)17-8-7-12(16)11-17;/h3-6,12H,2,7-11,16H2,1H3;1H/t12-;/m1./s1. The van der Waals surface area contributed by atoms with Crippen LogP contribution >= 0.6 is 12.4 Å². The summed E-state index contributed by atoms with van der Waals surface area (Å²) in [6.45, 7) is 4.90. The van der Waals surface area contributed by atoms with Gasteiger partial charge in [-0.1, -0.05) is 12.1 Å². The fraction of sp³-hybridized carbons (Fsp3) is 0.533. The predicted molar refractivity (Wildman–Crippen MR) is 84.2 cm³/mol. The SMILES string of the molecule is CCOCCOc1ccccc1C(=O)N1CC[C@@H](N)C1.Cl. The van der Waals surface area contributed by atoms with E-state index >= 15 is 0 Å². The molecule has 0 aromatic heterocycles. The Kier molecular flexibility index (Phi) is 7.50. The molecule has 0 spiro atoms. The van der Waals surface area contributed by atoms with Gasteiger partial charge in [0.1, 0.15) is 12.4 Å². The normalized spacial score (nSPS) is 17.4. The Labute approximate surface area is 131 Å². The van der Waals surface area contributed by atoms with E-state index in [-0.39, 0.29) is 24.4 Å².